The average molecular weight is 268 g/mol. The van der Waals surface area contributed by atoms with E-state index >= 15 is 0 Å². The van der Waals surface area contributed by atoms with E-state index in [4.69, 9.17) is 11.5 Å². The smallest absolute Gasteiger partial charge is 0.266 e. The second-order valence-corrected chi connectivity index (χ2v) is 4.68. The molecule has 102 valence electrons. The van der Waals surface area contributed by atoms with Crippen LogP contribution in [-0.2, 0) is 4.79 Å². The van der Waals surface area contributed by atoms with Gasteiger partial charge in [-0.2, -0.15) is 0 Å². The lowest BCUT2D eigenvalue weighted by Gasteiger charge is -2.32. The van der Waals surface area contributed by atoms with Crippen molar-refractivity contribution in [3.63, 3.8) is 0 Å². The van der Waals surface area contributed by atoms with Crippen molar-refractivity contribution in [1.82, 2.24) is 0 Å². The molecule has 2 atom stereocenters. The molecule has 0 spiro atoms. The lowest BCUT2D eigenvalue weighted by Crippen LogP contribution is -2.49. The molecule has 1 saturated heterocycles. The Bertz CT molecular complexity index is 602. The third-order valence-electron chi connectivity index (χ3n) is 3.38. The van der Waals surface area contributed by atoms with Crippen LogP contribution in [0.2, 0.25) is 0 Å². The normalized spacial score (nSPS) is 22.4. The number of rotatable bonds is 2. The Hall–Kier alpha value is -2.37. The first-order chi connectivity index (χ1) is 9.70. The minimum Gasteiger partial charge on any atom is -0.317 e. The van der Waals surface area contributed by atoms with Gasteiger partial charge < -0.3 is 11.5 Å². The van der Waals surface area contributed by atoms with E-state index < -0.39 is 12.2 Å². The highest BCUT2D eigenvalue weighted by Gasteiger charge is 2.43. The van der Waals surface area contributed by atoms with E-state index in [1.165, 1.54) is 0 Å². The van der Waals surface area contributed by atoms with Gasteiger partial charge in [0.25, 0.3) is 5.91 Å². The number of para-hydroxylation sites is 2. The van der Waals surface area contributed by atoms with Gasteiger partial charge in [0.05, 0.1) is 11.4 Å². The van der Waals surface area contributed by atoms with Crippen molar-refractivity contribution in [2.75, 3.05) is 10.0 Å². The minimum atomic E-state index is -0.740. The molecule has 2 aromatic carbocycles. The van der Waals surface area contributed by atoms with Crippen molar-refractivity contribution < 1.29 is 4.79 Å². The maximum Gasteiger partial charge on any atom is 0.266 e. The quantitative estimate of drug-likeness (QED) is 0.854. The number of benzene rings is 2. The van der Waals surface area contributed by atoms with Crippen LogP contribution in [-0.4, -0.2) is 18.1 Å². The first kappa shape index (κ1) is 12.7. The number of anilines is 2. The Morgan fingerprint density at radius 1 is 0.800 bits per heavy atom. The average Bonchev–Trinajstić information content (AvgIpc) is 2.73. The molecule has 5 heteroatoms. The summed E-state index contributed by atoms with van der Waals surface area (Å²) in [5, 5.41) is 3.28. The monoisotopic (exact) mass is 268 g/mol. The largest absolute Gasteiger partial charge is 0.317 e. The lowest BCUT2D eigenvalue weighted by atomic mass is 10.2. The second kappa shape index (κ2) is 4.96. The molecule has 0 saturated carbocycles. The molecular weight excluding hydrogens is 252 g/mol. The van der Waals surface area contributed by atoms with Gasteiger partial charge in [-0.1, -0.05) is 36.4 Å². The number of nitrogens with two attached hydrogens (primary N) is 2. The van der Waals surface area contributed by atoms with E-state index in [1.54, 1.807) is 10.0 Å². The van der Waals surface area contributed by atoms with Crippen LogP contribution in [0.4, 0.5) is 11.4 Å². The van der Waals surface area contributed by atoms with Gasteiger partial charge in [-0.05, 0) is 24.3 Å². The predicted molar refractivity (Wildman–Crippen MR) is 78.8 cm³/mol. The van der Waals surface area contributed by atoms with Crippen LogP contribution in [0.15, 0.2) is 60.7 Å². The Balaban J connectivity index is 2.07. The second-order valence-electron chi connectivity index (χ2n) is 4.68. The molecule has 5 nitrogen and oxygen atoms in total. The number of carbonyl (C=O) groups excluding carboxylic acids is 1. The fraction of sp³-hybridized carbons (Fsp3) is 0.133. The Morgan fingerprint density at radius 2 is 1.30 bits per heavy atom. The van der Waals surface area contributed by atoms with Crippen LogP contribution in [0, 0.1) is 0 Å². The molecule has 1 aliphatic rings. The Kier molecular flexibility index (Phi) is 3.14. The fourth-order valence-electron chi connectivity index (χ4n) is 2.37. The van der Waals surface area contributed by atoms with Crippen molar-refractivity contribution in [3.05, 3.63) is 60.7 Å². The third-order valence-corrected chi connectivity index (χ3v) is 3.38. The Labute approximate surface area is 117 Å². The van der Waals surface area contributed by atoms with E-state index in [-0.39, 0.29) is 5.91 Å². The fourth-order valence-corrected chi connectivity index (χ4v) is 2.37. The molecule has 2 unspecified atom stereocenters. The summed E-state index contributed by atoms with van der Waals surface area (Å²) in [5.41, 5.74) is 13.6. The van der Waals surface area contributed by atoms with Crippen LogP contribution >= 0.6 is 0 Å². The van der Waals surface area contributed by atoms with Crippen molar-refractivity contribution in [2.24, 2.45) is 11.5 Å². The van der Waals surface area contributed by atoms with E-state index in [9.17, 15) is 4.79 Å². The first-order valence-corrected chi connectivity index (χ1v) is 6.44. The topological polar surface area (TPSA) is 75.6 Å². The maximum atomic E-state index is 12.4. The van der Waals surface area contributed by atoms with Gasteiger partial charge in [-0.15, -0.1) is 0 Å². The molecule has 0 aromatic heterocycles. The summed E-state index contributed by atoms with van der Waals surface area (Å²) in [6.45, 7) is 0. The molecular formula is C15H16N4O. The summed E-state index contributed by atoms with van der Waals surface area (Å²) >= 11 is 0. The number of hydrogen-bond donors (Lipinski definition) is 2. The number of nitrogens with zero attached hydrogens (tertiary/aromatic N) is 2. The number of amides is 1. The van der Waals surface area contributed by atoms with E-state index in [1.807, 2.05) is 60.7 Å². The maximum absolute atomic E-state index is 12.4. The number of hydrogen-bond acceptors (Lipinski definition) is 4. The van der Waals surface area contributed by atoms with Crippen molar-refractivity contribution >= 4 is 17.3 Å². The number of carbonyl (C=O) groups is 1. The summed E-state index contributed by atoms with van der Waals surface area (Å²) in [6.07, 6.45) is -0.579. The van der Waals surface area contributed by atoms with Crippen LogP contribution in [0.5, 0.6) is 0 Å². The number of hydrazine groups is 1. The minimum absolute atomic E-state index is 0.201. The third kappa shape index (κ3) is 1.93. The molecule has 3 rings (SSSR count). The summed E-state index contributed by atoms with van der Waals surface area (Å²) < 4.78 is 0. The molecule has 0 radical (unpaired) electrons. The van der Waals surface area contributed by atoms with Gasteiger partial charge in [0, 0.05) is 0 Å². The van der Waals surface area contributed by atoms with Crippen LogP contribution in [0.3, 0.4) is 0 Å². The molecule has 1 fully saturated rings. The zero-order chi connectivity index (χ0) is 14.1. The van der Waals surface area contributed by atoms with E-state index in [0.717, 1.165) is 11.4 Å². The summed E-state index contributed by atoms with van der Waals surface area (Å²) in [4.78, 5) is 12.4. The SMILES string of the molecule is NC1C(=O)N(c2ccccc2)N(c2ccccc2)C1N. The Morgan fingerprint density at radius 3 is 1.85 bits per heavy atom. The standard InChI is InChI=1S/C15H16N4O/c16-13-14(17)18(11-7-3-1-4-8-11)19(15(13)20)12-9-5-2-6-10-12/h1-10,13-14H,16-17H2. The molecule has 20 heavy (non-hydrogen) atoms. The van der Waals surface area contributed by atoms with Crippen molar-refractivity contribution in [1.29, 1.82) is 0 Å². The van der Waals surface area contributed by atoms with E-state index in [2.05, 4.69) is 0 Å². The molecule has 1 heterocycles. The van der Waals surface area contributed by atoms with Crippen molar-refractivity contribution in [2.45, 2.75) is 12.2 Å². The summed E-state index contributed by atoms with van der Waals surface area (Å²) in [7, 11) is 0. The molecule has 0 aliphatic carbocycles. The zero-order valence-corrected chi connectivity index (χ0v) is 10.9. The van der Waals surface area contributed by atoms with E-state index in [0.29, 0.717) is 0 Å². The predicted octanol–water partition coefficient (Wildman–Crippen LogP) is 1.07. The van der Waals surface area contributed by atoms with Crippen molar-refractivity contribution in [3.8, 4) is 0 Å². The first-order valence-electron chi connectivity index (χ1n) is 6.44. The van der Waals surface area contributed by atoms with Gasteiger partial charge in [0.2, 0.25) is 0 Å². The van der Waals surface area contributed by atoms with Crippen LogP contribution in [0.25, 0.3) is 0 Å². The highest BCUT2D eigenvalue weighted by Crippen LogP contribution is 2.29. The van der Waals surface area contributed by atoms with Gasteiger partial charge in [-0.3, -0.25) is 9.80 Å². The van der Waals surface area contributed by atoms with Gasteiger partial charge in [0.1, 0.15) is 12.2 Å². The van der Waals surface area contributed by atoms with Crippen LogP contribution in [0.1, 0.15) is 0 Å². The molecule has 2 aromatic rings. The van der Waals surface area contributed by atoms with Gasteiger partial charge in [-0.25, -0.2) is 5.01 Å². The molecule has 1 amide bonds. The highest BCUT2D eigenvalue weighted by atomic mass is 16.2. The molecule has 0 bridgehead atoms. The lowest BCUT2D eigenvalue weighted by molar-refractivity contribution is -0.118. The molecule has 1 aliphatic heterocycles. The van der Waals surface area contributed by atoms with Crippen LogP contribution < -0.4 is 21.5 Å². The summed E-state index contributed by atoms with van der Waals surface area (Å²) in [5.74, 6) is -0.201. The zero-order valence-electron chi connectivity index (χ0n) is 10.9. The summed E-state index contributed by atoms with van der Waals surface area (Å²) in [6, 6.07) is 18.2. The van der Waals surface area contributed by atoms with Gasteiger partial charge >= 0.3 is 0 Å². The highest BCUT2D eigenvalue weighted by molar-refractivity contribution is 6.03. The van der Waals surface area contributed by atoms with Gasteiger partial charge in [0.15, 0.2) is 0 Å². The molecule has 4 N–H and O–H groups in total.